The fourth-order valence-corrected chi connectivity index (χ4v) is 3.38. The highest BCUT2D eigenvalue weighted by atomic mass is 15.3. The van der Waals surface area contributed by atoms with Gasteiger partial charge in [0.15, 0.2) is 0 Å². The number of nitrogens with two attached hydrogens (primary N) is 1. The Bertz CT molecular complexity index is 614. The molecule has 1 aliphatic carbocycles. The van der Waals surface area contributed by atoms with E-state index in [2.05, 4.69) is 55.5 Å². The Labute approximate surface area is 127 Å². The van der Waals surface area contributed by atoms with E-state index < -0.39 is 0 Å². The SMILES string of the molecule is CC(C)n1ccc(CC2(N)CCCCc3ccccc32)n1. The normalized spacial score (nSPS) is 22.1. The molecule has 3 rings (SSSR count). The van der Waals surface area contributed by atoms with E-state index in [1.807, 2.05) is 4.68 Å². The zero-order valence-corrected chi connectivity index (χ0v) is 13.0. The number of benzene rings is 1. The molecule has 21 heavy (non-hydrogen) atoms. The predicted molar refractivity (Wildman–Crippen MR) is 86.2 cm³/mol. The Morgan fingerprint density at radius 2 is 2.05 bits per heavy atom. The number of nitrogens with zero attached hydrogens (tertiary/aromatic N) is 2. The molecule has 3 nitrogen and oxygen atoms in total. The third-order valence-corrected chi connectivity index (χ3v) is 4.56. The van der Waals surface area contributed by atoms with Crippen LogP contribution in [-0.4, -0.2) is 9.78 Å². The fraction of sp³-hybridized carbons (Fsp3) is 0.500. The topological polar surface area (TPSA) is 43.8 Å². The minimum absolute atomic E-state index is 0.275. The molecular formula is C18H25N3. The lowest BCUT2D eigenvalue weighted by Crippen LogP contribution is -2.39. The molecule has 0 saturated carbocycles. The van der Waals surface area contributed by atoms with Gasteiger partial charge < -0.3 is 5.73 Å². The average molecular weight is 283 g/mol. The van der Waals surface area contributed by atoms with E-state index in [4.69, 9.17) is 5.73 Å². The summed E-state index contributed by atoms with van der Waals surface area (Å²) < 4.78 is 2.02. The summed E-state index contributed by atoms with van der Waals surface area (Å²) in [5.41, 5.74) is 10.4. The van der Waals surface area contributed by atoms with Gasteiger partial charge >= 0.3 is 0 Å². The minimum Gasteiger partial charge on any atom is -0.321 e. The number of hydrogen-bond acceptors (Lipinski definition) is 2. The Balaban J connectivity index is 1.92. The zero-order chi connectivity index (χ0) is 14.9. The number of fused-ring (bicyclic) bond motifs is 1. The lowest BCUT2D eigenvalue weighted by molar-refractivity contribution is 0.391. The van der Waals surface area contributed by atoms with Gasteiger partial charge in [-0.25, -0.2) is 0 Å². The number of rotatable bonds is 3. The van der Waals surface area contributed by atoms with Gasteiger partial charge in [-0.15, -0.1) is 0 Å². The minimum atomic E-state index is -0.275. The molecule has 2 aromatic rings. The number of hydrogen-bond donors (Lipinski definition) is 1. The first-order chi connectivity index (χ1) is 10.1. The van der Waals surface area contributed by atoms with Gasteiger partial charge in [0, 0.05) is 24.2 Å². The molecule has 1 aromatic heterocycles. The van der Waals surface area contributed by atoms with Gasteiger partial charge in [0.1, 0.15) is 0 Å². The van der Waals surface area contributed by atoms with Crippen molar-refractivity contribution in [2.24, 2.45) is 5.73 Å². The summed E-state index contributed by atoms with van der Waals surface area (Å²) in [6.07, 6.45) is 7.50. The van der Waals surface area contributed by atoms with Crippen LogP contribution in [0.4, 0.5) is 0 Å². The molecule has 1 atom stereocenters. The summed E-state index contributed by atoms with van der Waals surface area (Å²) in [6, 6.07) is 11.2. The standard InChI is InChI=1S/C18H25N3/c1-14(2)21-12-10-16(20-21)13-18(19)11-6-5-8-15-7-3-4-9-17(15)18/h3-4,7,9-10,12,14H,5-6,8,11,13,19H2,1-2H3. The molecule has 3 heteroatoms. The molecular weight excluding hydrogens is 258 g/mol. The summed E-state index contributed by atoms with van der Waals surface area (Å²) in [6.45, 7) is 4.30. The van der Waals surface area contributed by atoms with Crippen molar-refractivity contribution in [3.05, 3.63) is 53.3 Å². The van der Waals surface area contributed by atoms with Crippen LogP contribution in [0.1, 0.15) is 56.0 Å². The molecule has 2 N–H and O–H groups in total. The van der Waals surface area contributed by atoms with Gasteiger partial charge in [-0.3, -0.25) is 4.68 Å². The Kier molecular flexibility index (Phi) is 3.85. The van der Waals surface area contributed by atoms with E-state index in [1.54, 1.807) is 0 Å². The fourth-order valence-electron chi connectivity index (χ4n) is 3.38. The molecule has 0 amide bonds. The second-order valence-corrected chi connectivity index (χ2v) is 6.58. The van der Waals surface area contributed by atoms with Crippen LogP contribution in [0.25, 0.3) is 0 Å². The smallest absolute Gasteiger partial charge is 0.0646 e. The van der Waals surface area contributed by atoms with Crippen LogP contribution in [0.2, 0.25) is 0 Å². The molecule has 0 bridgehead atoms. The van der Waals surface area contributed by atoms with Crippen LogP contribution >= 0.6 is 0 Å². The average Bonchev–Trinajstić information content (AvgIpc) is 2.86. The molecule has 112 valence electrons. The van der Waals surface area contributed by atoms with E-state index in [-0.39, 0.29) is 5.54 Å². The second kappa shape index (κ2) is 5.64. The van der Waals surface area contributed by atoms with E-state index in [1.165, 1.54) is 24.0 Å². The van der Waals surface area contributed by atoms with Crippen LogP contribution in [0.15, 0.2) is 36.5 Å². The maximum Gasteiger partial charge on any atom is 0.0646 e. The quantitative estimate of drug-likeness (QED) is 0.875. The highest BCUT2D eigenvalue weighted by Gasteiger charge is 2.32. The Morgan fingerprint density at radius 1 is 1.24 bits per heavy atom. The van der Waals surface area contributed by atoms with E-state index >= 15 is 0 Å². The van der Waals surface area contributed by atoms with Gasteiger partial charge in [-0.05, 0) is 50.3 Å². The van der Waals surface area contributed by atoms with Crippen molar-refractivity contribution in [2.45, 2.75) is 57.5 Å². The highest BCUT2D eigenvalue weighted by Crippen LogP contribution is 2.34. The lowest BCUT2D eigenvalue weighted by Gasteiger charge is -2.29. The summed E-state index contributed by atoms with van der Waals surface area (Å²) in [4.78, 5) is 0. The van der Waals surface area contributed by atoms with Crippen LogP contribution in [0, 0.1) is 0 Å². The predicted octanol–water partition coefficient (Wildman–Crippen LogP) is 3.59. The zero-order valence-electron chi connectivity index (χ0n) is 13.0. The number of aryl methyl sites for hydroxylation is 1. The summed E-state index contributed by atoms with van der Waals surface area (Å²) in [5, 5.41) is 4.69. The third-order valence-electron chi connectivity index (χ3n) is 4.56. The van der Waals surface area contributed by atoms with Gasteiger partial charge in [-0.1, -0.05) is 30.7 Å². The van der Waals surface area contributed by atoms with Crippen molar-refractivity contribution in [3.63, 3.8) is 0 Å². The maximum absolute atomic E-state index is 6.84. The van der Waals surface area contributed by atoms with Crippen molar-refractivity contribution in [2.75, 3.05) is 0 Å². The summed E-state index contributed by atoms with van der Waals surface area (Å²) in [7, 11) is 0. The molecule has 0 spiro atoms. The first kappa shape index (κ1) is 14.3. The molecule has 0 radical (unpaired) electrons. The molecule has 0 fully saturated rings. The van der Waals surface area contributed by atoms with Gasteiger partial charge in [-0.2, -0.15) is 5.10 Å². The van der Waals surface area contributed by atoms with Crippen molar-refractivity contribution in [3.8, 4) is 0 Å². The molecule has 1 heterocycles. The Morgan fingerprint density at radius 3 is 2.81 bits per heavy atom. The van der Waals surface area contributed by atoms with Crippen LogP contribution in [0.3, 0.4) is 0 Å². The van der Waals surface area contributed by atoms with Crippen molar-refractivity contribution in [1.82, 2.24) is 9.78 Å². The molecule has 1 aromatic carbocycles. The molecule has 1 aliphatic rings. The monoisotopic (exact) mass is 283 g/mol. The number of aromatic nitrogens is 2. The summed E-state index contributed by atoms with van der Waals surface area (Å²) in [5.74, 6) is 0. The Hall–Kier alpha value is -1.61. The first-order valence-electron chi connectivity index (χ1n) is 8.00. The van der Waals surface area contributed by atoms with Crippen molar-refractivity contribution >= 4 is 0 Å². The van der Waals surface area contributed by atoms with Gasteiger partial charge in [0.05, 0.1) is 5.69 Å². The van der Waals surface area contributed by atoms with E-state index in [0.717, 1.165) is 25.0 Å². The van der Waals surface area contributed by atoms with Crippen LogP contribution in [0.5, 0.6) is 0 Å². The molecule has 0 aliphatic heterocycles. The third kappa shape index (κ3) is 2.88. The first-order valence-corrected chi connectivity index (χ1v) is 8.00. The second-order valence-electron chi connectivity index (χ2n) is 6.58. The van der Waals surface area contributed by atoms with E-state index in [9.17, 15) is 0 Å². The lowest BCUT2D eigenvalue weighted by atomic mass is 9.82. The van der Waals surface area contributed by atoms with Gasteiger partial charge in [0.2, 0.25) is 0 Å². The largest absolute Gasteiger partial charge is 0.321 e. The van der Waals surface area contributed by atoms with Crippen LogP contribution < -0.4 is 5.73 Å². The van der Waals surface area contributed by atoms with Crippen molar-refractivity contribution < 1.29 is 0 Å². The maximum atomic E-state index is 6.84. The molecule has 1 unspecified atom stereocenters. The van der Waals surface area contributed by atoms with Gasteiger partial charge in [0.25, 0.3) is 0 Å². The summed E-state index contributed by atoms with van der Waals surface area (Å²) >= 11 is 0. The van der Waals surface area contributed by atoms with Crippen molar-refractivity contribution in [1.29, 1.82) is 0 Å². The van der Waals surface area contributed by atoms with Crippen LogP contribution in [-0.2, 0) is 18.4 Å². The van der Waals surface area contributed by atoms with E-state index in [0.29, 0.717) is 6.04 Å². The highest BCUT2D eigenvalue weighted by molar-refractivity contribution is 5.35. The molecule has 0 saturated heterocycles.